The molecule has 1 aliphatic heterocycles. The summed E-state index contributed by atoms with van der Waals surface area (Å²) >= 11 is 0. The Balaban J connectivity index is 1.97. The van der Waals surface area contributed by atoms with Crippen molar-refractivity contribution in [3.05, 3.63) is 71.8 Å². The number of benzene rings is 2. The molecule has 1 aliphatic carbocycles. The second-order valence-corrected chi connectivity index (χ2v) is 8.15. The topological polar surface area (TPSA) is 106 Å². The van der Waals surface area contributed by atoms with E-state index >= 15 is 0 Å². The highest BCUT2D eigenvalue weighted by Gasteiger charge is 3.03. The lowest BCUT2D eigenvalue weighted by Gasteiger charge is -2.33. The largest absolute Gasteiger partial charge is 0.343 e. The lowest BCUT2D eigenvalue weighted by Crippen LogP contribution is -2.91. The van der Waals surface area contributed by atoms with E-state index in [1.165, 1.54) is 0 Å². The van der Waals surface area contributed by atoms with Gasteiger partial charge in [0.1, 0.15) is 0 Å². The highest BCUT2D eigenvalue weighted by molar-refractivity contribution is 5.95. The molecule has 31 heavy (non-hydrogen) atoms. The average Bonchev–Trinajstić information content (AvgIpc) is 3.21. The Morgan fingerprint density at radius 3 is 1.71 bits per heavy atom. The van der Waals surface area contributed by atoms with Crippen LogP contribution in [0.3, 0.4) is 0 Å². The highest BCUT2D eigenvalue weighted by atomic mass is 16.7. The summed E-state index contributed by atoms with van der Waals surface area (Å²) in [5, 5.41) is 21.2. The van der Waals surface area contributed by atoms with Crippen LogP contribution in [-0.4, -0.2) is 25.0 Å². The van der Waals surface area contributed by atoms with Gasteiger partial charge in [-0.05, 0) is 37.8 Å². The molecule has 0 spiro atoms. The summed E-state index contributed by atoms with van der Waals surface area (Å²) in [5.74, 6) is -1.25. The van der Waals surface area contributed by atoms with Gasteiger partial charge in [0.05, 0.1) is 25.4 Å². The summed E-state index contributed by atoms with van der Waals surface area (Å²) in [6.45, 7) is 4.29. The van der Waals surface area contributed by atoms with E-state index in [1.54, 1.807) is 0 Å². The highest BCUT2D eigenvalue weighted by Crippen LogP contribution is 2.84. The molecule has 0 saturated heterocycles. The van der Waals surface area contributed by atoms with Crippen molar-refractivity contribution in [1.82, 2.24) is 0 Å². The maximum Gasteiger partial charge on any atom is 0.343 e. The number of nitrogens with zero attached hydrogens (tertiary/aromatic N) is 2. The Labute approximate surface area is 182 Å². The molecule has 2 atom stereocenters. The van der Waals surface area contributed by atoms with Crippen LogP contribution in [0.1, 0.15) is 25.0 Å². The zero-order valence-electron chi connectivity index (χ0n) is 17.9. The zero-order valence-corrected chi connectivity index (χ0v) is 17.9. The Morgan fingerprint density at radius 1 is 0.839 bits per heavy atom. The van der Waals surface area contributed by atoms with Crippen molar-refractivity contribution in [2.24, 2.45) is 22.0 Å². The van der Waals surface area contributed by atoms with Crippen LogP contribution in [-0.2, 0) is 22.3 Å². The van der Waals surface area contributed by atoms with Crippen LogP contribution in [0.15, 0.2) is 60.7 Å². The minimum Gasteiger partial charge on any atom is -0.314 e. The van der Waals surface area contributed by atoms with Crippen molar-refractivity contribution < 1.29 is 14.5 Å². The van der Waals surface area contributed by atoms with Crippen molar-refractivity contribution in [2.75, 3.05) is 13.2 Å². The molecule has 0 amide bonds. The smallest absolute Gasteiger partial charge is 0.314 e. The van der Waals surface area contributed by atoms with Crippen LogP contribution in [0.2, 0.25) is 0 Å². The molecule has 3 N–H and O–H groups in total. The summed E-state index contributed by atoms with van der Waals surface area (Å²) in [6, 6.07) is 24.8. The van der Waals surface area contributed by atoms with Gasteiger partial charge in [0.25, 0.3) is 5.84 Å². The molecule has 1 saturated carbocycles. The fourth-order valence-corrected chi connectivity index (χ4v) is 5.81. The van der Waals surface area contributed by atoms with Gasteiger partial charge in [0.15, 0.2) is 10.8 Å². The Bertz CT molecular complexity index is 1020. The third-order valence-corrected chi connectivity index (χ3v) is 6.86. The van der Waals surface area contributed by atoms with Gasteiger partial charge in [-0.15, -0.1) is 0 Å². The van der Waals surface area contributed by atoms with E-state index in [9.17, 15) is 10.5 Å². The number of rotatable bonds is 8. The number of fused-ring (bicyclic) bond motifs is 1. The SMILES string of the molecule is CCOC1(OCC)[NH+]=C(N)[C@]2(C#N)C(Cc3ccccc3)(Cc3ccccc3)[C@]12C#N. The maximum atomic E-state index is 10.7. The van der Waals surface area contributed by atoms with Gasteiger partial charge in [-0.3, -0.25) is 5.73 Å². The number of ether oxygens (including phenoxy) is 2. The number of nitrogens with one attached hydrogen (secondary N) is 1. The van der Waals surface area contributed by atoms with E-state index in [0.29, 0.717) is 26.1 Å². The monoisotopic (exact) mass is 415 g/mol. The lowest BCUT2D eigenvalue weighted by molar-refractivity contribution is -0.695. The first-order valence-electron chi connectivity index (χ1n) is 10.6. The molecule has 6 heteroatoms. The molecule has 2 aromatic rings. The number of amidine groups is 1. The zero-order chi connectivity index (χ0) is 22.2. The molecule has 158 valence electrons. The first-order chi connectivity index (χ1) is 15.0. The van der Waals surface area contributed by atoms with E-state index < -0.39 is 22.2 Å². The summed E-state index contributed by atoms with van der Waals surface area (Å²) in [4.78, 5) is 3.08. The van der Waals surface area contributed by atoms with Crippen molar-refractivity contribution in [3.63, 3.8) is 0 Å². The van der Waals surface area contributed by atoms with Gasteiger partial charge in [-0.2, -0.15) is 10.5 Å². The van der Waals surface area contributed by atoms with Crippen LogP contribution in [0.4, 0.5) is 0 Å². The number of hydrogen-bond donors (Lipinski definition) is 2. The second-order valence-electron chi connectivity index (χ2n) is 8.15. The number of hydrogen-bond acceptors (Lipinski definition) is 5. The molecule has 2 aliphatic rings. The lowest BCUT2D eigenvalue weighted by atomic mass is 9.79. The Hall–Kier alpha value is -3.19. The van der Waals surface area contributed by atoms with E-state index in [2.05, 4.69) is 17.1 Å². The fourth-order valence-electron chi connectivity index (χ4n) is 5.81. The van der Waals surface area contributed by atoms with Gasteiger partial charge >= 0.3 is 5.91 Å². The molecule has 0 radical (unpaired) electrons. The first kappa shape index (κ1) is 21.1. The molecule has 6 nitrogen and oxygen atoms in total. The standard InChI is InChI=1S/C25H26N4O2/c1-3-30-25(31-4-2)24(18-27)22(15-19-11-7-5-8-12-19,16-20-13-9-6-10-14-20)23(24,17-26)21(28)29-25/h5-14H,3-4,15-16H2,1-2H3,(H2,28,29)/p+1/t23-,24+/m1/s1. The molecule has 0 unspecified atom stereocenters. The molecule has 1 heterocycles. The number of nitrogens with two attached hydrogens (primary N) is 1. The molecule has 0 aromatic heterocycles. The number of nitriles is 2. The fraction of sp³-hybridized carbons (Fsp3) is 0.400. The van der Waals surface area contributed by atoms with Crippen LogP contribution in [0, 0.1) is 38.9 Å². The molecular weight excluding hydrogens is 388 g/mol. The third-order valence-electron chi connectivity index (χ3n) is 6.86. The third kappa shape index (κ3) is 2.47. The van der Waals surface area contributed by atoms with E-state index in [0.717, 1.165) is 11.1 Å². The van der Waals surface area contributed by atoms with Crippen LogP contribution in [0.25, 0.3) is 0 Å². The predicted octanol–water partition coefficient (Wildman–Crippen LogP) is 1.67. The van der Waals surface area contributed by atoms with E-state index in [4.69, 9.17) is 15.2 Å². The predicted molar refractivity (Wildman–Crippen MR) is 115 cm³/mol. The van der Waals surface area contributed by atoms with E-state index in [1.807, 2.05) is 74.5 Å². The van der Waals surface area contributed by atoms with Crippen molar-refractivity contribution >= 4 is 5.84 Å². The minimum atomic E-state index is -1.49. The normalized spacial score (nSPS) is 26.9. The van der Waals surface area contributed by atoms with E-state index in [-0.39, 0.29) is 5.84 Å². The summed E-state index contributed by atoms with van der Waals surface area (Å²) in [7, 11) is 0. The Morgan fingerprint density at radius 2 is 1.32 bits per heavy atom. The Kier molecular flexibility index (Phi) is 5.09. The second kappa shape index (κ2) is 7.50. The molecule has 2 aromatic carbocycles. The van der Waals surface area contributed by atoms with Gasteiger partial charge in [0.2, 0.25) is 0 Å². The molecular formula is C25H27N4O2+. The van der Waals surface area contributed by atoms with Crippen molar-refractivity contribution in [1.29, 1.82) is 10.5 Å². The average molecular weight is 416 g/mol. The summed E-state index contributed by atoms with van der Waals surface area (Å²) in [5.41, 5.74) is 5.18. The quantitative estimate of drug-likeness (QED) is 0.638. The minimum absolute atomic E-state index is 0.241. The van der Waals surface area contributed by atoms with Crippen LogP contribution < -0.4 is 10.7 Å². The van der Waals surface area contributed by atoms with Crippen LogP contribution in [0.5, 0.6) is 0 Å². The van der Waals surface area contributed by atoms with Gasteiger partial charge in [-0.25, -0.2) is 4.99 Å². The molecule has 4 rings (SSSR count). The molecule has 1 fully saturated rings. The van der Waals surface area contributed by atoms with Gasteiger partial charge in [-0.1, -0.05) is 60.7 Å². The van der Waals surface area contributed by atoms with Gasteiger partial charge in [0, 0.05) is 5.41 Å². The summed E-state index contributed by atoms with van der Waals surface area (Å²) < 4.78 is 12.2. The van der Waals surface area contributed by atoms with Crippen molar-refractivity contribution in [3.8, 4) is 12.1 Å². The summed E-state index contributed by atoms with van der Waals surface area (Å²) in [6.07, 6.45) is 0.988. The van der Waals surface area contributed by atoms with Crippen molar-refractivity contribution in [2.45, 2.75) is 32.6 Å². The van der Waals surface area contributed by atoms with Crippen LogP contribution >= 0.6 is 0 Å². The first-order valence-corrected chi connectivity index (χ1v) is 10.6. The van der Waals surface area contributed by atoms with Gasteiger partial charge < -0.3 is 9.47 Å². The maximum absolute atomic E-state index is 10.7. The molecule has 0 bridgehead atoms.